The maximum absolute atomic E-state index is 6.20. The van der Waals surface area contributed by atoms with Gasteiger partial charge in [0, 0.05) is 22.1 Å². The van der Waals surface area contributed by atoms with E-state index in [0.717, 1.165) is 35.5 Å². The first-order valence-electron chi connectivity index (χ1n) is 5.95. The van der Waals surface area contributed by atoms with E-state index in [1.807, 2.05) is 31.2 Å². The summed E-state index contributed by atoms with van der Waals surface area (Å²) in [5.74, 6) is 1.35. The minimum atomic E-state index is 0.487. The van der Waals surface area contributed by atoms with Crippen molar-refractivity contribution in [3.63, 3.8) is 0 Å². The standard InChI is InChI=1S/C14H12Cl2N2/c1-8-12(10-3-2-4-11(15)7-10)17-14(9-5-6-9)18-13(8)16/h2-4,7,9H,5-6H2,1H3. The highest BCUT2D eigenvalue weighted by Crippen LogP contribution is 2.40. The average Bonchev–Trinajstić information content (AvgIpc) is 3.16. The topological polar surface area (TPSA) is 25.8 Å². The highest BCUT2D eigenvalue weighted by molar-refractivity contribution is 6.31. The molecule has 1 heterocycles. The second kappa shape index (κ2) is 4.52. The summed E-state index contributed by atoms with van der Waals surface area (Å²) in [6.07, 6.45) is 2.32. The van der Waals surface area contributed by atoms with Gasteiger partial charge in [0.25, 0.3) is 0 Å². The molecule has 0 radical (unpaired) electrons. The molecule has 0 atom stereocenters. The molecular formula is C14H12Cl2N2. The van der Waals surface area contributed by atoms with Crippen molar-refractivity contribution < 1.29 is 0 Å². The molecule has 0 N–H and O–H groups in total. The lowest BCUT2D eigenvalue weighted by atomic mass is 10.1. The second-order valence-corrected chi connectivity index (χ2v) is 5.43. The summed E-state index contributed by atoms with van der Waals surface area (Å²) in [4.78, 5) is 9.02. The first kappa shape index (κ1) is 11.9. The van der Waals surface area contributed by atoms with Crippen LogP contribution in [0, 0.1) is 6.92 Å². The molecule has 1 aromatic carbocycles. The number of halogens is 2. The van der Waals surface area contributed by atoms with Crippen LogP contribution in [0.2, 0.25) is 10.2 Å². The fourth-order valence-electron chi connectivity index (χ4n) is 1.95. The van der Waals surface area contributed by atoms with Crippen molar-refractivity contribution in [2.75, 3.05) is 0 Å². The van der Waals surface area contributed by atoms with Gasteiger partial charge in [-0.2, -0.15) is 0 Å². The van der Waals surface area contributed by atoms with Gasteiger partial charge < -0.3 is 0 Å². The summed E-state index contributed by atoms with van der Waals surface area (Å²) in [6.45, 7) is 1.94. The number of nitrogens with zero attached hydrogens (tertiary/aromatic N) is 2. The van der Waals surface area contributed by atoms with Gasteiger partial charge in [-0.3, -0.25) is 0 Å². The zero-order chi connectivity index (χ0) is 12.7. The van der Waals surface area contributed by atoms with Crippen LogP contribution in [0.5, 0.6) is 0 Å². The maximum Gasteiger partial charge on any atom is 0.136 e. The smallest absolute Gasteiger partial charge is 0.136 e. The Balaban J connectivity index is 2.15. The van der Waals surface area contributed by atoms with Crippen LogP contribution in [0.25, 0.3) is 11.3 Å². The molecule has 4 heteroatoms. The fraction of sp³-hybridized carbons (Fsp3) is 0.286. The van der Waals surface area contributed by atoms with Crippen molar-refractivity contribution in [1.29, 1.82) is 0 Å². The minimum absolute atomic E-state index is 0.487. The molecule has 0 saturated heterocycles. The molecule has 0 amide bonds. The van der Waals surface area contributed by atoms with Gasteiger partial charge in [0.1, 0.15) is 11.0 Å². The first-order valence-corrected chi connectivity index (χ1v) is 6.70. The van der Waals surface area contributed by atoms with Crippen molar-refractivity contribution in [3.8, 4) is 11.3 Å². The van der Waals surface area contributed by atoms with Crippen molar-refractivity contribution in [2.24, 2.45) is 0 Å². The molecule has 92 valence electrons. The number of hydrogen-bond donors (Lipinski definition) is 0. The van der Waals surface area contributed by atoms with Gasteiger partial charge in [-0.15, -0.1) is 0 Å². The van der Waals surface area contributed by atoms with Crippen LogP contribution in [0.4, 0.5) is 0 Å². The van der Waals surface area contributed by atoms with Crippen LogP contribution >= 0.6 is 23.2 Å². The third-order valence-corrected chi connectivity index (χ3v) is 3.75. The number of rotatable bonds is 2. The summed E-state index contributed by atoms with van der Waals surface area (Å²) in [6, 6.07) is 7.67. The van der Waals surface area contributed by atoms with E-state index in [1.165, 1.54) is 0 Å². The Morgan fingerprint density at radius 1 is 1.17 bits per heavy atom. The Morgan fingerprint density at radius 2 is 1.94 bits per heavy atom. The van der Waals surface area contributed by atoms with Crippen LogP contribution in [-0.2, 0) is 0 Å². The highest BCUT2D eigenvalue weighted by atomic mass is 35.5. The molecule has 1 saturated carbocycles. The van der Waals surface area contributed by atoms with E-state index < -0.39 is 0 Å². The Hall–Kier alpha value is -1.12. The average molecular weight is 279 g/mol. The molecular weight excluding hydrogens is 267 g/mol. The number of hydrogen-bond acceptors (Lipinski definition) is 2. The predicted octanol–water partition coefficient (Wildman–Crippen LogP) is 4.64. The van der Waals surface area contributed by atoms with Crippen LogP contribution in [-0.4, -0.2) is 9.97 Å². The molecule has 1 aliphatic rings. The predicted molar refractivity (Wildman–Crippen MR) is 74.2 cm³/mol. The van der Waals surface area contributed by atoms with Crippen LogP contribution < -0.4 is 0 Å². The summed E-state index contributed by atoms with van der Waals surface area (Å²) >= 11 is 12.2. The summed E-state index contributed by atoms with van der Waals surface area (Å²) in [5, 5.41) is 1.25. The van der Waals surface area contributed by atoms with Gasteiger partial charge in [0.15, 0.2) is 0 Å². The van der Waals surface area contributed by atoms with E-state index in [9.17, 15) is 0 Å². The van der Waals surface area contributed by atoms with Gasteiger partial charge in [0.05, 0.1) is 5.69 Å². The van der Waals surface area contributed by atoms with Crippen molar-refractivity contribution in [1.82, 2.24) is 9.97 Å². The summed E-state index contributed by atoms with van der Waals surface area (Å²) in [7, 11) is 0. The maximum atomic E-state index is 6.20. The second-order valence-electron chi connectivity index (χ2n) is 4.63. The number of aromatic nitrogens is 2. The van der Waals surface area contributed by atoms with Gasteiger partial charge >= 0.3 is 0 Å². The van der Waals surface area contributed by atoms with Gasteiger partial charge in [-0.25, -0.2) is 9.97 Å². The van der Waals surface area contributed by atoms with Crippen LogP contribution in [0.15, 0.2) is 24.3 Å². The lowest BCUT2D eigenvalue weighted by Gasteiger charge is -2.09. The van der Waals surface area contributed by atoms with Crippen molar-refractivity contribution in [3.05, 3.63) is 45.8 Å². The Morgan fingerprint density at radius 3 is 2.61 bits per heavy atom. The third-order valence-electron chi connectivity index (χ3n) is 3.14. The normalized spacial score (nSPS) is 14.8. The van der Waals surface area contributed by atoms with E-state index in [4.69, 9.17) is 23.2 Å². The monoisotopic (exact) mass is 278 g/mol. The first-order chi connectivity index (χ1) is 8.65. The van der Waals surface area contributed by atoms with Gasteiger partial charge in [-0.1, -0.05) is 35.3 Å². The zero-order valence-electron chi connectivity index (χ0n) is 9.95. The van der Waals surface area contributed by atoms with E-state index in [1.54, 1.807) is 0 Å². The van der Waals surface area contributed by atoms with Crippen LogP contribution in [0.3, 0.4) is 0 Å². The Bertz CT molecular complexity index is 607. The van der Waals surface area contributed by atoms with E-state index in [0.29, 0.717) is 16.1 Å². The van der Waals surface area contributed by atoms with Crippen molar-refractivity contribution >= 4 is 23.2 Å². The van der Waals surface area contributed by atoms with E-state index in [-0.39, 0.29) is 0 Å². The molecule has 0 spiro atoms. The molecule has 0 unspecified atom stereocenters. The molecule has 1 aromatic heterocycles. The lowest BCUT2D eigenvalue weighted by Crippen LogP contribution is -1.99. The molecule has 3 rings (SSSR count). The summed E-state index contributed by atoms with van der Waals surface area (Å²) in [5.41, 5.74) is 2.79. The Kier molecular flexibility index (Phi) is 3.00. The van der Waals surface area contributed by atoms with E-state index in [2.05, 4.69) is 9.97 Å². The fourth-order valence-corrected chi connectivity index (χ4v) is 2.31. The lowest BCUT2D eigenvalue weighted by molar-refractivity contribution is 0.922. The van der Waals surface area contributed by atoms with E-state index >= 15 is 0 Å². The minimum Gasteiger partial charge on any atom is -0.232 e. The Labute approximate surface area is 116 Å². The molecule has 1 fully saturated rings. The van der Waals surface area contributed by atoms with Crippen LogP contribution in [0.1, 0.15) is 30.1 Å². The van der Waals surface area contributed by atoms with Gasteiger partial charge in [0.2, 0.25) is 0 Å². The quantitative estimate of drug-likeness (QED) is 0.748. The highest BCUT2D eigenvalue weighted by Gasteiger charge is 2.28. The third kappa shape index (κ3) is 2.23. The zero-order valence-corrected chi connectivity index (χ0v) is 11.5. The van der Waals surface area contributed by atoms with Gasteiger partial charge in [-0.05, 0) is 31.9 Å². The molecule has 18 heavy (non-hydrogen) atoms. The molecule has 1 aliphatic carbocycles. The molecule has 0 aliphatic heterocycles. The summed E-state index contributed by atoms with van der Waals surface area (Å²) < 4.78 is 0. The molecule has 0 bridgehead atoms. The number of benzene rings is 1. The SMILES string of the molecule is Cc1c(Cl)nc(C2CC2)nc1-c1cccc(Cl)c1. The molecule has 2 nitrogen and oxygen atoms in total. The van der Waals surface area contributed by atoms with Crippen molar-refractivity contribution in [2.45, 2.75) is 25.7 Å². The largest absolute Gasteiger partial charge is 0.232 e. The molecule has 2 aromatic rings.